The maximum atomic E-state index is 2.31. The number of aryl methyl sites for hydroxylation is 2. The van der Waals surface area contributed by atoms with Crippen LogP contribution in [0.25, 0.3) is 43.1 Å². The summed E-state index contributed by atoms with van der Waals surface area (Å²) < 4.78 is 5.60. The molecule has 33 heavy (non-hydrogen) atoms. The highest BCUT2D eigenvalue weighted by Crippen LogP contribution is 2.44. The van der Waals surface area contributed by atoms with E-state index < -0.39 is 0 Å². The number of rotatable bonds is 6. The molecule has 3 heterocycles. The molecule has 0 saturated heterocycles. The maximum Gasteiger partial charge on any atom is 0.0635 e. The van der Waals surface area contributed by atoms with Gasteiger partial charge in [0, 0.05) is 19.2 Å². The molecule has 0 atom stereocenters. The third-order valence-corrected chi connectivity index (χ3v) is 9.04. The van der Waals surface area contributed by atoms with Crippen LogP contribution in [-0.2, 0) is 0 Å². The SMILES string of the molecule is Cc1ccc(C=CC=Cc2cc3sc4cc(C=CC=Cc5ccc(C)cc5)sc4c3s2)cc1. The summed E-state index contributed by atoms with van der Waals surface area (Å²) in [5, 5.41) is 0. The molecule has 0 radical (unpaired) electrons. The highest BCUT2D eigenvalue weighted by molar-refractivity contribution is 7.38. The molecule has 0 amide bonds. The quantitative estimate of drug-likeness (QED) is 0.212. The molecule has 0 unspecified atom stereocenters. The molecular formula is C30H24S3. The molecule has 5 aromatic rings. The normalized spacial score (nSPS) is 12.7. The fourth-order valence-electron chi connectivity index (χ4n) is 3.52. The van der Waals surface area contributed by atoms with Gasteiger partial charge < -0.3 is 0 Å². The van der Waals surface area contributed by atoms with E-state index in [1.54, 1.807) is 0 Å². The minimum atomic E-state index is 1.23. The average Bonchev–Trinajstić information content (AvgIpc) is 3.47. The number of fused-ring (bicyclic) bond motifs is 3. The fraction of sp³-hybridized carbons (Fsp3) is 0.0667. The van der Waals surface area contributed by atoms with Gasteiger partial charge in [0.15, 0.2) is 0 Å². The van der Waals surface area contributed by atoms with Crippen LogP contribution in [0.3, 0.4) is 0 Å². The zero-order chi connectivity index (χ0) is 22.6. The lowest BCUT2D eigenvalue weighted by molar-refractivity contribution is 1.46. The molecule has 0 fully saturated rings. The van der Waals surface area contributed by atoms with E-state index in [2.05, 4.69) is 123 Å². The van der Waals surface area contributed by atoms with Crippen LogP contribution in [0.5, 0.6) is 0 Å². The van der Waals surface area contributed by atoms with Gasteiger partial charge in [0.1, 0.15) is 0 Å². The minimum Gasteiger partial charge on any atom is -0.133 e. The Morgan fingerprint density at radius 3 is 1.30 bits per heavy atom. The maximum absolute atomic E-state index is 2.31. The average molecular weight is 481 g/mol. The first-order valence-electron chi connectivity index (χ1n) is 10.9. The first-order valence-corrected chi connectivity index (χ1v) is 13.4. The number of benzene rings is 2. The lowest BCUT2D eigenvalue weighted by Crippen LogP contribution is -1.72. The third-order valence-electron chi connectivity index (χ3n) is 5.34. The first-order chi connectivity index (χ1) is 16.1. The van der Waals surface area contributed by atoms with Crippen molar-refractivity contribution in [2.24, 2.45) is 0 Å². The van der Waals surface area contributed by atoms with E-state index >= 15 is 0 Å². The van der Waals surface area contributed by atoms with E-state index in [1.165, 1.54) is 50.8 Å². The van der Waals surface area contributed by atoms with Crippen LogP contribution in [0.2, 0.25) is 0 Å². The van der Waals surface area contributed by atoms with Crippen LogP contribution in [0.4, 0.5) is 0 Å². The van der Waals surface area contributed by atoms with Crippen molar-refractivity contribution >= 4 is 77.1 Å². The highest BCUT2D eigenvalue weighted by atomic mass is 32.1. The van der Waals surface area contributed by atoms with E-state index in [9.17, 15) is 0 Å². The smallest absolute Gasteiger partial charge is 0.0635 e. The lowest BCUT2D eigenvalue weighted by Gasteiger charge is -1.93. The molecule has 0 aliphatic rings. The molecule has 162 valence electrons. The second kappa shape index (κ2) is 9.88. The van der Waals surface area contributed by atoms with Crippen molar-refractivity contribution in [1.29, 1.82) is 0 Å². The van der Waals surface area contributed by atoms with Gasteiger partial charge in [0.05, 0.1) is 9.40 Å². The van der Waals surface area contributed by atoms with Gasteiger partial charge in [-0.25, -0.2) is 0 Å². The second-order valence-corrected chi connectivity index (χ2v) is 11.3. The summed E-state index contributed by atoms with van der Waals surface area (Å²) in [5.41, 5.74) is 5.04. The topological polar surface area (TPSA) is 0 Å². The fourth-order valence-corrected chi connectivity index (χ4v) is 7.39. The minimum absolute atomic E-state index is 1.23. The number of thiophene rings is 3. The molecule has 0 bridgehead atoms. The summed E-state index contributed by atoms with van der Waals surface area (Å²) in [7, 11) is 0. The zero-order valence-corrected chi connectivity index (χ0v) is 21.1. The predicted octanol–water partition coefficient (Wildman–Crippen LogP) is 10.2. The second-order valence-electron chi connectivity index (χ2n) is 8.04. The van der Waals surface area contributed by atoms with Crippen LogP contribution >= 0.6 is 34.0 Å². The van der Waals surface area contributed by atoms with Crippen LogP contribution < -0.4 is 0 Å². The van der Waals surface area contributed by atoms with E-state index in [-0.39, 0.29) is 0 Å². The van der Waals surface area contributed by atoms with E-state index in [1.807, 2.05) is 34.0 Å². The summed E-state index contributed by atoms with van der Waals surface area (Å²) in [6.45, 7) is 4.23. The zero-order valence-electron chi connectivity index (χ0n) is 18.6. The van der Waals surface area contributed by atoms with Crippen molar-refractivity contribution in [1.82, 2.24) is 0 Å². The van der Waals surface area contributed by atoms with Crippen LogP contribution in [0, 0.1) is 13.8 Å². The van der Waals surface area contributed by atoms with Crippen LogP contribution in [0.15, 0.2) is 85.0 Å². The molecule has 3 aromatic heterocycles. The molecule has 5 rings (SSSR count). The summed E-state index contributed by atoms with van der Waals surface area (Å²) in [6, 6.07) is 21.8. The first kappa shape index (κ1) is 21.8. The van der Waals surface area contributed by atoms with Gasteiger partial charge in [0.25, 0.3) is 0 Å². The Morgan fingerprint density at radius 1 is 0.485 bits per heavy atom. The molecule has 3 heteroatoms. The predicted molar refractivity (Wildman–Crippen MR) is 154 cm³/mol. The number of hydrogen-bond acceptors (Lipinski definition) is 3. The Morgan fingerprint density at radius 2 is 0.879 bits per heavy atom. The molecule has 0 N–H and O–H groups in total. The van der Waals surface area contributed by atoms with Gasteiger partial charge in [0.2, 0.25) is 0 Å². The van der Waals surface area contributed by atoms with Gasteiger partial charge in [-0.1, -0.05) is 96.1 Å². The molecule has 2 aromatic carbocycles. The number of hydrogen-bond donors (Lipinski definition) is 0. The van der Waals surface area contributed by atoms with Crippen molar-refractivity contribution in [3.05, 3.63) is 117 Å². The molecule has 0 aliphatic carbocycles. The highest BCUT2D eigenvalue weighted by Gasteiger charge is 2.11. The van der Waals surface area contributed by atoms with Gasteiger partial charge >= 0.3 is 0 Å². The summed E-state index contributed by atoms with van der Waals surface area (Å²) >= 11 is 5.66. The largest absolute Gasteiger partial charge is 0.133 e. The van der Waals surface area contributed by atoms with E-state index in [0.29, 0.717) is 0 Å². The van der Waals surface area contributed by atoms with Gasteiger partial charge in [-0.2, -0.15) is 0 Å². The Kier molecular flexibility index (Phi) is 6.54. The van der Waals surface area contributed by atoms with E-state index in [0.717, 1.165) is 0 Å². The van der Waals surface area contributed by atoms with Gasteiger partial charge in [-0.15, -0.1) is 34.0 Å². The lowest BCUT2D eigenvalue weighted by atomic mass is 10.1. The monoisotopic (exact) mass is 480 g/mol. The van der Waals surface area contributed by atoms with Crippen molar-refractivity contribution < 1.29 is 0 Å². The van der Waals surface area contributed by atoms with Gasteiger partial charge in [-0.3, -0.25) is 0 Å². The van der Waals surface area contributed by atoms with Crippen molar-refractivity contribution in [2.45, 2.75) is 13.8 Å². The third kappa shape index (κ3) is 5.33. The molecule has 0 nitrogen and oxygen atoms in total. The Hall–Kier alpha value is -2.98. The Bertz CT molecular complexity index is 1380. The standard InChI is InChI=1S/C30H24S3/c1-21-11-15-23(16-12-21)7-3-5-9-25-19-27-29(31-25)30-28(33-27)20-26(32-30)10-6-4-8-24-17-13-22(2)14-18-24/h3-20H,1-2H3. The summed E-state index contributed by atoms with van der Waals surface area (Å²) in [5.74, 6) is 0. The molecule has 0 aliphatic heterocycles. The Balaban J connectivity index is 1.28. The van der Waals surface area contributed by atoms with Crippen LogP contribution in [-0.4, -0.2) is 0 Å². The van der Waals surface area contributed by atoms with Gasteiger partial charge in [-0.05, 0) is 49.3 Å². The molecule has 0 spiro atoms. The van der Waals surface area contributed by atoms with Crippen molar-refractivity contribution in [2.75, 3.05) is 0 Å². The molecular weight excluding hydrogens is 457 g/mol. The summed E-state index contributed by atoms with van der Waals surface area (Å²) in [6.07, 6.45) is 17.2. The van der Waals surface area contributed by atoms with Crippen molar-refractivity contribution in [3.8, 4) is 0 Å². The van der Waals surface area contributed by atoms with Crippen molar-refractivity contribution in [3.63, 3.8) is 0 Å². The molecule has 0 saturated carbocycles. The number of allylic oxidation sites excluding steroid dienone is 4. The Labute approximate surface area is 207 Å². The van der Waals surface area contributed by atoms with Crippen LogP contribution in [0.1, 0.15) is 32.0 Å². The summed E-state index contributed by atoms with van der Waals surface area (Å²) in [4.78, 5) is 2.61. The van der Waals surface area contributed by atoms with E-state index in [4.69, 9.17) is 0 Å².